The predicted octanol–water partition coefficient (Wildman–Crippen LogP) is -1.71. The van der Waals surface area contributed by atoms with E-state index in [1.807, 2.05) is 11.9 Å². The van der Waals surface area contributed by atoms with Gasteiger partial charge < -0.3 is 21.1 Å². The third kappa shape index (κ3) is 3.91. The number of nitrogens with two attached hydrogens (primary N) is 1. The maximum absolute atomic E-state index is 12.2. The Morgan fingerprint density at radius 1 is 1.30 bits per heavy atom. The molecule has 2 heterocycles. The molecule has 4 N–H and O–H groups in total. The lowest BCUT2D eigenvalue weighted by molar-refractivity contribution is -0.126. The summed E-state index contributed by atoms with van der Waals surface area (Å²) in [4.78, 5) is 25.1. The van der Waals surface area contributed by atoms with Crippen molar-refractivity contribution in [2.24, 2.45) is 11.7 Å². The van der Waals surface area contributed by atoms with E-state index in [2.05, 4.69) is 10.6 Å². The largest absolute Gasteiger partial charge is 0.379 e. The zero-order valence-corrected chi connectivity index (χ0v) is 11.9. The van der Waals surface area contributed by atoms with Crippen LogP contribution in [0, 0.1) is 5.92 Å². The predicted molar refractivity (Wildman–Crippen MR) is 74.0 cm³/mol. The third-order valence-electron chi connectivity index (χ3n) is 4.10. The van der Waals surface area contributed by atoms with E-state index in [0.29, 0.717) is 19.8 Å². The van der Waals surface area contributed by atoms with Gasteiger partial charge in [-0.1, -0.05) is 0 Å². The normalized spacial score (nSPS) is 28.4. The van der Waals surface area contributed by atoms with Gasteiger partial charge in [0.2, 0.25) is 11.8 Å². The molecule has 0 bridgehead atoms. The SMILES string of the molecule is CNC1COCC1C(=O)NC1CCN(CC(N)=O)CC1. The first-order valence-corrected chi connectivity index (χ1v) is 7.16. The Bertz CT molecular complexity index is 356. The summed E-state index contributed by atoms with van der Waals surface area (Å²) in [6.07, 6.45) is 1.72. The van der Waals surface area contributed by atoms with E-state index in [1.54, 1.807) is 0 Å². The van der Waals surface area contributed by atoms with E-state index in [0.717, 1.165) is 25.9 Å². The summed E-state index contributed by atoms with van der Waals surface area (Å²) in [6.45, 7) is 2.97. The Morgan fingerprint density at radius 2 is 2.00 bits per heavy atom. The van der Waals surface area contributed by atoms with Gasteiger partial charge in [-0.3, -0.25) is 14.5 Å². The minimum Gasteiger partial charge on any atom is -0.379 e. The smallest absolute Gasteiger partial charge is 0.231 e. The summed E-state index contributed by atoms with van der Waals surface area (Å²) < 4.78 is 5.35. The molecule has 114 valence electrons. The van der Waals surface area contributed by atoms with Crippen LogP contribution in [0.4, 0.5) is 0 Å². The zero-order valence-electron chi connectivity index (χ0n) is 11.9. The molecule has 2 aliphatic rings. The molecular weight excluding hydrogens is 260 g/mol. The average Bonchev–Trinajstić information content (AvgIpc) is 2.89. The highest BCUT2D eigenvalue weighted by atomic mass is 16.5. The molecule has 0 aromatic rings. The van der Waals surface area contributed by atoms with Gasteiger partial charge in [-0.05, 0) is 19.9 Å². The lowest BCUT2D eigenvalue weighted by Crippen LogP contribution is -2.50. The van der Waals surface area contributed by atoms with Gasteiger partial charge in [0.15, 0.2) is 0 Å². The first kappa shape index (κ1) is 15.2. The molecule has 0 saturated carbocycles. The van der Waals surface area contributed by atoms with Crippen LogP contribution in [0.25, 0.3) is 0 Å². The highest BCUT2D eigenvalue weighted by Gasteiger charge is 2.34. The summed E-state index contributed by atoms with van der Waals surface area (Å²) >= 11 is 0. The maximum Gasteiger partial charge on any atom is 0.231 e. The molecule has 20 heavy (non-hydrogen) atoms. The molecule has 0 spiro atoms. The molecule has 0 radical (unpaired) electrons. The molecule has 2 unspecified atom stereocenters. The van der Waals surface area contributed by atoms with E-state index >= 15 is 0 Å². The van der Waals surface area contributed by atoms with Crippen molar-refractivity contribution >= 4 is 11.8 Å². The maximum atomic E-state index is 12.2. The number of carbonyl (C=O) groups is 2. The number of ether oxygens (including phenoxy) is 1. The summed E-state index contributed by atoms with van der Waals surface area (Å²) in [7, 11) is 1.85. The number of primary amides is 1. The van der Waals surface area contributed by atoms with Crippen molar-refractivity contribution in [1.29, 1.82) is 0 Å². The topological polar surface area (TPSA) is 96.7 Å². The molecule has 2 aliphatic heterocycles. The second-order valence-electron chi connectivity index (χ2n) is 5.56. The van der Waals surface area contributed by atoms with Crippen LogP contribution >= 0.6 is 0 Å². The summed E-state index contributed by atoms with van der Waals surface area (Å²) in [5.41, 5.74) is 5.18. The third-order valence-corrected chi connectivity index (χ3v) is 4.10. The lowest BCUT2D eigenvalue weighted by Gasteiger charge is -2.32. The zero-order chi connectivity index (χ0) is 14.5. The van der Waals surface area contributed by atoms with Gasteiger partial charge in [0.1, 0.15) is 0 Å². The van der Waals surface area contributed by atoms with Crippen molar-refractivity contribution in [2.75, 3.05) is 39.9 Å². The second kappa shape index (κ2) is 7.01. The van der Waals surface area contributed by atoms with Gasteiger partial charge in [0, 0.05) is 25.2 Å². The number of piperidine rings is 1. The number of nitrogens with one attached hydrogen (secondary N) is 2. The molecule has 0 aliphatic carbocycles. The fourth-order valence-electron chi connectivity index (χ4n) is 2.86. The first-order chi connectivity index (χ1) is 9.60. The van der Waals surface area contributed by atoms with Crippen LogP contribution in [0.3, 0.4) is 0 Å². The first-order valence-electron chi connectivity index (χ1n) is 7.16. The van der Waals surface area contributed by atoms with Crippen molar-refractivity contribution in [3.8, 4) is 0 Å². The molecular formula is C13H24N4O3. The van der Waals surface area contributed by atoms with Crippen molar-refractivity contribution in [2.45, 2.75) is 24.9 Å². The van der Waals surface area contributed by atoms with E-state index < -0.39 is 0 Å². The minimum absolute atomic E-state index is 0.0650. The number of hydrogen-bond donors (Lipinski definition) is 3. The van der Waals surface area contributed by atoms with Gasteiger partial charge >= 0.3 is 0 Å². The van der Waals surface area contributed by atoms with Gasteiger partial charge in [0.25, 0.3) is 0 Å². The van der Waals surface area contributed by atoms with E-state index in [-0.39, 0.29) is 29.8 Å². The Hall–Kier alpha value is -1.18. The van der Waals surface area contributed by atoms with E-state index in [1.165, 1.54) is 0 Å². The van der Waals surface area contributed by atoms with E-state index in [4.69, 9.17) is 10.5 Å². The lowest BCUT2D eigenvalue weighted by atomic mass is 10.00. The van der Waals surface area contributed by atoms with Crippen molar-refractivity contribution in [3.63, 3.8) is 0 Å². The molecule has 2 fully saturated rings. The van der Waals surface area contributed by atoms with Crippen LogP contribution < -0.4 is 16.4 Å². The molecule has 2 atom stereocenters. The van der Waals surface area contributed by atoms with Crippen LogP contribution in [-0.4, -0.2) is 68.7 Å². The molecule has 0 aromatic heterocycles. The molecule has 2 rings (SSSR count). The Morgan fingerprint density at radius 3 is 2.60 bits per heavy atom. The number of amides is 2. The number of likely N-dealkylation sites (tertiary alicyclic amines) is 1. The van der Waals surface area contributed by atoms with Gasteiger partial charge in [0.05, 0.1) is 25.7 Å². The Labute approximate surface area is 119 Å². The summed E-state index contributed by atoms with van der Waals surface area (Å²) in [6, 6.07) is 0.287. The van der Waals surface area contributed by atoms with Gasteiger partial charge in [-0.15, -0.1) is 0 Å². The Balaban J connectivity index is 1.75. The number of rotatable bonds is 5. The standard InChI is InChI=1S/C13H24N4O3/c1-15-11-8-20-7-10(11)13(19)16-9-2-4-17(5-3-9)6-12(14)18/h9-11,15H,2-8H2,1H3,(H2,14,18)(H,16,19). The number of carbonyl (C=O) groups excluding carboxylic acids is 2. The number of hydrogen-bond acceptors (Lipinski definition) is 5. The van der Waals surface area contributed by atoms with Crippen LogP contribution in [0.5, 0.6) is 0 Å². The van der Waals surface area contributed by atoms with Crippen molar-refractivity contribution in [3.05, 3.63) is 0 Å². The van der Waals surface area contributed by atoms with Crippen molar-refractivity contribution < 1.29 is 14.3 Å². The highest BCUT2D eigenvalue weighted by molar-refractivity contribution is 5.80. The molecule has 7 nitrogen and oxygen atoms in total. The summed E-state index contributed by atoms with van der Waals surface area (Å²) in [5, 5.41) is 6.21. The minimum atomic E-state index is -0.299. The Kier molecular flexibility index (Phi) is 5.33. The second-order valence-corrected chi connectivity index (χ2v) is 5.56. The fraction of sp³-hybridized carbons (Fsp3) is 0.846. The number of likely N-dealkylation sites (N-methyl/N-ethyl adjacent to an activating group) is 1. The van der Waals surface area contributed by atoms with Crippen LogP contribution in [0.1, 0.15) is 12.8 Å². The monoisotopic (exact) mass is 284 g/mol. The van der Waals surface area contributed by atoms with Crippen LogP contribution in [0.15, 0.2) is 0 Å². The van der Waals surface area contributed by atoms with E-state index in [9.17, 15) is 9.59 Å². The van der Waals surface area contributed by atoms with Gasteiger partial charge in [-0.25, -0.2) is 0 Å². The van der Waals surface area contributed by atoms with Gasteiger partial charge in [-0.2, -0.15) is 0 Å². The van der Waals surface area contributed by atoms with Crippen LogP contribution in [0.2, 0.25) is 0 Å². The highest BCUT2D eigenvalue weighted by Crippen LogP contribution is 2.16. The number of nitrogens with zero attached hydrogens (tertiary/aromatic N) is 1. The van der Waals surface area contributed by atoms with Crippen molar-refractivity contribution in [1.82, 2.24) is 15.5 Å². The quantitative estimate of drug-likeness (QED) is 0.558. The molecule has 2 saturated heterocycles. The average molecular weight is 284 g/mol. The molecule has 0 aromatic carbocycles. The molecule has 7 heteroatoms. The summed E-state index contributed by atoms with van der Waals surface area (Å²) in [5.74, 6) is -0.341. The molecule has 2 amide bonds. The van der Waals surface area contributed by atoms with Crippen LogP contribution in [-0.2, 0) is 14.3 Å². The fourth-order valence-corrected chi connectivity index (χ4v) is 2.86.